The molecule has 0 bridgehead atoms. The van der Waals surface area contributed by atoms with Gasteiger partial charge in [-0.3, -0.25) is 4.79 Å². The Morgan fingerprint density at radius 1 is 1.56 bits per heavy atom. The number of Topliss-reactive ketones (excluding diaryl/α,β-unsaturated/α-hetero) is 1. The highest BCUT2D eigenvalue weighted by Gasteiger charge is 2.36. The molecule has 1 saturated heterocycles. The van der Waals surface area contributed by atoms with Gasteiger partial charge in [-0.1, -0.05) is 25.1 Å². The van der Waals surface area contributed by atoms with E-state index in [2.05, 4.69) is 0 Å². The second-order valence-electron chi connectivity index (χ2n) is 4.54. The van der Waals surface area contributed by atoms with E-state index in [1.165, 1.54) is 18.2 Å². The number of benzene rings is 1. The van der Waals surface area contributed by atoms with Crippen molar-refractivity contribution in [3.63, 3.8) is 0 Å². The van der Waals surface area contributed by atoms with Crippen molar-refractivity contribution in [2.45, 2.75) is 25.4 Å². The van der Waals surface area contributed by atoms with E-state index in [1.54, 1.807) is 6.07 Å². The third-order valence-electron chi connectivity index (χ3n) is 3.30. The van der Waals surface area contributed by atoms with Gasteiger partial charge in [0, 0.05) is 12.2 Å². The van der Waals surface area contributed by atoms with Crippen molar-refractivity contribution in [2.24, 2.45) is 5.92 Å². The van der Waals surface area contributed by atoms with Crippen molar-refractivity contribution in [1.82, 2.24) is 0 Å². The number of nitrogens with zero attached hydrogens (tertiary/aromatic N) is 1. The fourth-order valence-electron chi connectivity index (χ4n) is 2.22. The van der Waals surface area contributed by atoms with Gasteiger partial charge in [0.05, 0.1) is 6.07 Å². The first-order valence-electron chi connectivity index (χ1n) is 5.94. The van der Waals surface area contributed by atoms with Crippen LogP contribution in [0.15, 0.2) is 24.3 Å². The number of halogens is 1. The van der Waals surface area contributed by atoms with Crippen LogP contribution < -0.4 is 0 Å². The Hall–Kier alpha value is -1.73. The average molecular weight is 247 g/mol. The Bertz CT molecular complexity index is 495. The highest BCUT2D eigenvalue weighted by Crippen LogP contribution is 2.28. The summed E-state index contributed by atoms with van der Waals surface area (Å²) in [4.78, 5) is 12.2. The van der Waals surface area contributed by atoms with Crippen LogP contribution in [0.25, 0.3) is 0 Å². The summed E-state index contributed by atoms with van der Waals surface area (Å²) in [5.74, 6) is -1.87. The third-order valence-corrected chi connectivity index (χ3v) is 3.30. The number of hydrogen-bond acceptors (Lipinski definition) is 3. The smallest absolute Gasteiger partial charge is 0.183 e. The van der Waals surface area contributed by atoms with Crippen molar-refractivity contribution in [3.05, 3.63) is 35.6 Å². The molecule has 0 amide bonds. The number of carbonyl (C=O) groups excluding carboxylic acids is 1. The lowest BCUT2D eigenvalue weighted by Gasteiger charge is -2.17. The van der Waals surface area contributed by atoms with Crippen LogP contribution in [-0.2, 0) is 9.53 Å². The van der Waals surface area contributed by atoms with Gasteiger partial charge in [0.1, 0.15) is 17.8 Å². The molecule has 4 heteroatoms. The molecule has 94 valence electrons. The Balaban J connectivity index is 2.27. The summed E-state index contributed by atoms with van der Waals surface area (Å²) in [6.45, 7) is 2.43. The molecule has 2 rings (SSSR count). The number of carbonyl (C=O) groups is 1. The van der Waals surface area contributed by atoms with Crippen LogP contribution in [0.2, 0.25) is 0 Å². The fourth-order valence-corrected chi connectivity index (χ4v) is 2.22. The lowest BCUT2D eigenvalue weighted by molar-refractivity contribution is -0.129. The van der Waals surface area contributed by atoms with E-state index in [-0.39, 0.29) is 17.3 Å². The number of hydrogen-bond donors (Lipinski definition) is 0. The van der Waals surface area contributed by atoms with Crippen LogP contribution in [0.3, 0.4) is 0 Å². The molecule has 0 radical (unpaired) electrons. The summed E-state index contributed by atoms with van der Waals surface area (Å²) in [5, 5.41) is 9.13. The van der Waals surface area contributed by atoms with Gasteiger partial charge in [0.2, 0.25) is 0 Å². The van der Waals surface area contributed by atoms with Crippen molar-refractivity contribution < 1.29 is 13.9 Å². The molecule has 1 aliphatic heterocycles. The fraction of sp³-hybridized carbons (Fsp3) is 0.429. The van der Waals surface area contributed by atoms with Crippen molar-refractivity contribution in [3.8, 4) is 6.07 Å². The topological polar surface area (TPSA) is 50.1 Å². The monoisotopic (exact) mass is 247 g/mol. The molecule has 1 heterocycles. The minimum atomic E-state index is -1.09. The number of ketones is 1. The maximum atomic E-state index is 13.6. The lowest BCUT2D eigenvalue weighted by Crippen LogP contribution is -2.30. The normalized spacial score (nSPS) is 24.5. The van der Waals surface area contributed by atoms with Crippen LogP contribution in [-0.4, -0.2) is 18.5 Å². The van der Waals surface area contributed by atoms with E-state index in [4.69, 9.17) is 10.00 Å². The molecule has 1 aromatic carbocycles. The maximum Gasteiger partial charge on any atom is 0.183 e. The molecule has 0 N–H and O–H groups in total. The largest absolute Gasteiger partial charge is 0.370 e. The zero-order valence-corrected chi connectivity index (χ0v) is 10.1. The summed E-state index contributed by atoms with van der Waals surface area (Å²) >= 11 is 0. The Kier molecular flexibility index (Phi) is 3.73. The summed E-state index contributed by atoms with van der Waals surface area (Å²) in [6, 6.07) is 7.77. The summed E-state index contributed by atoms with van der Waals surface area (Å²) in [6.07, 6.45) is 0.209. The van der Waals surface area contributed by atoms with Crippen LogP contribution in [0.4, 0.5) is 4.39 Å². The second kappa shape index (κ2) is 5.28. The summed E-state index contributed by atoms with van der Waals surface area (Å²) in [7, 11) is 0. The van der Waals surface area contributed by atoms with Gasteiger partial charge in [-0.15, -0.1) is 0 Å². The quantitative estimate of drug-likeness (QED) is 0.824. The molecule has 0 saturated carbocycles. The predicted molar refractivity (Wildman–Crippen MR) is 63.3 cm³/mol. The van der Waals surface area contributed by atoms with Crippen molar-refractivity contribution in [1.29, 1.82) is 5.26 Å². The maximum absolute atomic E-state index is 13.6. The molecule has 3 atom stereocenters. The highest BCUT2D eigenvalue weighted by atomic mass is 19.1. The van der Waals surface area contributed by atoms with Crippen LogP contribution in [0, 0.1) is 23.1 Å². The van der Waals surface area contributed by atoms with Gasteiger partial charge in [-0.25, -0.2) is 4.39 Å². The summed E-state index contributed by atoms with van der Waals surface area (Å²) < 4.78 is 19.0. The van der Waals surface area contributed by atoms with Crippen LogP contribution >= 0.6 is 0 Å². The van der Waals surface area contributed by atoms with Gasteiger partial charge in [0.15, 0.2) is 5.78 Å². The number of rotatable bonds is 3. The Morgan fingerprint density at radius 3 is 2.83 bits per heavy atom. The first-order valence-corrected chi connectivity index (χ1v) is 5.94. The van der Waals surface area contributed by atoms with Gasteiger partial charge in [-0.05, 0) is 18.4 Å². The van der Waals surface area contributed by atoms with Crippen LogP contribution in [0.5, 0.6) is 0 Å². The molecular weight excluding hydrogens is 233 g/mol. The molecule has 18 heavy (non-hydrogen) atoms. The van der Waals surface area contributed by atoms with E-state index in [1.807, 2.05) is 13.0 Å². The molecule has 1 aromatic rings. The molecule has 3 nitrogen and oxygen atoms in total. The second-order valence-corrected chi connectivity index (χ2v) is 4.54. The minimum absolute atomic E-state index is 0.0834. The minimum Gasteiger partial charge on any atom is -0.370 e. The van der Waals surface area contributed by atoms with Crippen molar-refractivity contribution >= 4 is 5.78 Å². The molecule has 3 unspecified atom stereocenters. The van der Waals surface area contributed by atoms with E-state index in [0.29, 0.717) is 6.61 Å². The van der Waals surface area contributed by atoms with Gasteiger partial charge >= 0.3 is 0 Å². The Morgan fingerprint density at radius 2 is 2.28 bits per heavy atom. The lowest BCUT2D eigenvalue weighted by atomic mass is 9.88. The molecule has 0 aromatic heterocycles. The van der Waals surface area contributed by atoms with E-state index < -0.39 is 17.8 Å². The average Bonchev–Trinajstić information content (AvgIpc) is 2.78. The molecule has 0 spiro atoms. The van der Waals surface area contributed by atoms with E-state index >= 15 is 0 Å². The van der Waals surface area contributed by atoms with Gasteiger partial charge < -0.3 is 4.74 Å². The Labute approximate surface area is 105 Å². The molecule has 0 aliphatic carbocycles. The van der Waals surface area contributed by atoms with E-state index in [9.17, 15) is 9.18 Å². The van der Waals surface area contributed by atoms with E-state index in [0.717, 1.165) is 6.42 Å². The predicted octanol–water partition coefficient (Wildman–Crippen LogP) is 2.43. The highest BCUT2D eigenvalue weighted by molar-refractivity contribution is 5.92. The molecular formula is C14H14FNO2. The van der Waals surface area contributed by atoms with Crippen LogP contribution in [0.1, 0.15) is 24.8 Å². The zero-order chi connectivity index (χ0) is 13.1. The SMILES string of the molecule is CC1CCOC1C(=O)C(C#N)c1ccccc1F. The number of nitriles is 1. The van der Waals surface area contributed by atoms with Gasteiger partial charge in [0.25, 0.3) is 0 Å². The third kappa shape index (κ3) is 2.27. The zero-order valence-electron chi connectivity index (χ0n) is 10.1. The van der Waals surface area contributed by atoms with Crippen molar-refractivity contribution in [2.75, 3.05) is 6.61 Å². The molecule has 1 aliphatic rings. The first kappa shape index (κ1) is 12.7. The van der Waals surface area contributed by atoms with Gasteiger partial charge in [-0.2, -0.15) is 5.26 Å². The number of ether oxygens (including phenoxy) is 1. The standard InChI is InChI=1S/C14H14FNO2/c1-9-6-7-18-14(9)13(17)11(8-16)10-4-2-3-5-12(10)15/h2-5,9,11,14H,6-7H2,1H3. The first-order chi connectivity index (χ1) is 8.65. The molecule has 1 fully saturated rings. The summed E-state index contributed by atoms with van der Waals surface area (Å²) in [5.41, 5.74) is 0.132.